The summed E-state index contributed by atoms with van der Waals surface area (Å²) in [5.74, 6) is 0. The van der Waals surface area contributed by atoms with Gasteiger partial charge in [-0.3, -0.25) is 0 Å². The van der Waals surface area contributed by atoms with E-state index in [-0.39, 0.29) is 12.1 Å². The van der Waals surface area contributed by atoms with Crippen molar-refractivity contribution in [1.29, 1.82) is 0 Å². The Labute approximate surface area is 115 Å². The smallest absolute Gasteiger partial charge is 0.0888 e. The van der Waals surface area contributed by atoms with Crippen LogP contribution in [-0.4, -0.2) is 23.4 Å². The third-order valence-corrected chi connectivity index (χ3v) is 4.48. The van der Waals surface area contributed by atoms with Crippen LogP contribution in [0.5, 0.6) is 0 Å². The Bertz CT molecular complexity index is 446. The van der Waals surface area contributed by atoms with Crippen molar-refractivity contribution in [1.82, 2.24) is 5.32 Å². The van der Waals surface area contributed by atoms with E-state index in [0.29, 0.717) is 6.61 Å². The average Bonchev–Trinajstić information content (AvgIpc) is 2.84. The number of aliphatic hydroxyl groups is 1. The van der Waals surface area contributed by atoms with Crippen LogP contribution < -0.4 is 5.32 Å². The second kappa shape index (κ2) is 5.23. The molecule has 1 saturated heterocycles. The number of nitrogens with one attached hydrogen (secondary N) is 1. The molecule has 0 saturated carbocycles. The fourth-order valence-electron chi connectivity index (χ4n) is 3.51. The number of ether oxygens (including phenoxy) is 1. The van der Waals surface area contributed by atoms with Gasteiger partial charge < -0.3 is 15.2 Å². The Morgan fingerprint density at radius 1 is 1.42 bits per heavy atom. The van der Waals surface area contributed by atoms with E-state index in [1.54, 1.807) is 0 Å². The molecule has 3 rings (SSSR count). The van der Waals surface area contributed by atoms with Crippen molar-refractivity contribution in [3.05, 3.63) is 35.4 Å². The van der Waals surface area contributed by atoms with Gasteiger partial charge in [0.15, 0.2) is 0 Å². The highest BCUT2D eigenvalue weighted by molar-refractivity contribution is 5.36. The standard InChI is InChI=1S/C16H23NO2/c1-2-5-13-10-16(18,8-9-19-13)15-14-7-4-3-6-12(14)11-17-15/h3-4,6-7,13,15,17-18H,2,5,8-11H2,1H3. The van der Waals surface area contributed by atoms with E-state index in [0.717, 1.165) is 32.2 Å². The van der Waals surface area contributed by atoms with Gasteiger partial charge in [-0.15, -0.1) is 0 Å². The van der Waals surface area contributed by atoms with E-state index in [9.17, 15) is 5.11 Å². The van der Waals surface area contributed by atoms with Crippen LogP contribution in [0.1, 0.15) is 49.8 Å². The summed E-state index contributed by atoms with van der Waals surface area (Å²) in [5.41, 5.74) is 1.92. The minimum atomic E-state index is -0.662. The molecule has 19 heavy (non-hydrogen) atoms. The van der Waals surface area contributed by atoms with E-state index < -0.39 is 5.60 Å². The number of hydrogen-bond acceptors (Lipinski definition) is 3. The van der Waals surface area contributed by atoms with E-state index >= 15 is 0 Å². The average molecular weight is 261 g/mol. The second-order valence-electron chi connectivity index (χ2n) is 5.85. The van der Waals surface area contributed by atoms with Crippen LogP contribution in [0.2, 0.25) is 0 Å². The molecular formula is C16H23NO2. The van der Waals surface area contributed by atoms with Gasteiger partial charge in [0.2, 0.25) is 0 Å². The SMILES string of the molecule is CCCC1CC(O)(C2NCc3ccccc32)CCO1. The maximum Gasteiger partial charge on any atom is 0.0888 e. The molecule has 2 heterocycles. The zero-order valence-corrected chi connectivity index (χ0v) is 11.6. The summed E-state index contributed by atoms with van der Waals surface area (Å²) in [6, 6.07) is 8.48. The van der Waals surface area contributed by atoms with Crippen LogP contribution in [0.15, 0.2) is 24.3 Å². The molecule has 2 N–H and O–H groups in total. The van der Waals surface area contributed by atoms with Gasteiger partial charge in [0.05, 0.1) is 17.7 Å². The molecule has 0 aliphatic carbocycles. The van der Waals surface area contributed by atoms with Crippen molar-refractivity contribution in [3.63, 3.8) is 0 Å². The lowest BCUT2D eigenvalue weighted by atomic mass is 9.80. The monoisotopic (exact) mass is 261 g/mol. The molecule has 0 amide bonds. The maximum atomic E-state index is 11.1. The van der Waals surface area contributed by atoms with E-state index in [1.165, 1.54) is 11.1 Å². The van der Waals surface area contributed by atoms with Crippen LogP contribution in [0, 0.1) is 0 Å². The van der Waals surface area contributed by atoms with Gasteiger partial charge in [-0.25, -0.2) is 0 Å². The largest absolute Gasteiger partial charge is 0.388 e. The van der Waals surface area contributed by atoms with Crippen molar-refractivity contribution in [2.24, 2.45) is 0 Å². The molecule has 104 valence electrons. The summed E-state index contributed by atoms with van der Waals surface area (Å²) >= 11 is 0. The molecule has 1 aromatic carbocycles. The van der Waals surface area contributed by atoms with Crippen LogP contribution in [-0.2, 0) is 11.3 Å². The number of fused-ring (bicyclic) bond motifs is 1. The number of rotatable bonds is 3. The van der Waals surface area contributed by atoms with Gasteiger partial charge in [-0.1, -0.05) is 37.6 Å². The first-order valence-electron chi connectivity index (χ1n) is 7.38. The highest BCUT2D eigenvalue weighted by Gasteiger charge is 2.44. The second-order valence-corrected chi connectivity index (χ2v) is 5.85. The van der Waals surface area contributed by atoms with Gasteiger partial charge in [-0.05, 0) is 17.5 Å². The van der Waals surface area contributed by atoms with Crippen molar-refractivity contribution in [2.75, 3.05) is 6.61 Å². The Hall–Kier alpha value is -0.900. The topological polar surface area (TPSA) is 41.5 Å². The highest BCUT2D eigenvalue weighted by Crippen LogP contribution is 2.41. The molecule has 1 fully saturated rings. The minimum Gasteiger partial charge on any atom is -0.388 e. The van der Waals surface area contributed by atoms with Crippen molar-refractivity contribution >= 4 is 0 Å². The van der Waals surface area contributed by atoms with Gasteiger partial charge in [-0.2, -0.15) is 0 Å². The van der Waals surface area contributed by atoms with Crippen molar-refractivity contribution in [3.8, 4) is 0 Å². The Balaban J connectivity index is 1.81. The van der Waals surface area contributed by atoms with Gasteiger partial charge in [0.1, 0.15) is 0 Å². The minimum absolute atomic E-state index is 0.0620. The first-order valence-corrected chi connectivity index (χ1v) is 7.38. The highest BCUT2D eigenvalue weighted by atomic mass is 16.5. The summed E-state index contributed by atoms with van der Waals surface area (Å²) in [6.45, 7) is 3.70. The fourth-order valence-corrected chi connectivity index (χ4v) is 3.51. The van der Waals surface area contributed by atoms with Gasteiger partial charge >= 0.3 is 0 Å². The summed E-state index contributed by atoms with van der Waals surface area (Å²) in [7, 11) is 0. The summed E-state index contributed by atoms with van der Waals surface area (Å²) in [6.07, 6.45) is 3.82. The first-order chi connectivity index (χ1) is 9.23. The predicted molar refractivity (Wildman–Crippen MR) is 74.9 cm³/mol. The quantitative estimate of drug-likeness (QED) is 0.878. The van der Waals surface area contributed by atoms with Gasteiger partial charge in [0, 0.05) is 26.0 Å². The van der Waals surface area contributed by atoms with E-state index in [4.69, 9.17) is 4.74 Å². The molecule has 3 nitrogen and oxygen atoms in total. The van der Waals surface area contributed by atoms with E-state index in [2.05, 4.69) is 36.5 Å². The zero-order chi connectivity index (χ0) is 13.3. The molecule has 1 aromatic rings. The molecular weight excluding hydrogens is 238 g/mol. The molecule has 2 aliphatic rings. The van der Waals surface area contributed by atoms with Crippen molar-refractivity contribution < 1.29 is 9.84 Å². The molecule has 2 aliphatic heterocycles. The van der Waals surface area contributed by atoms with Crippen LogP contribution in [0.4, 0.5) is 0 Å². The molecule has 0 bridgehead atoms. The first kappa shape index (κ1) is 13.1. The summed E-state index contributed by atoms with van der Waals surface area (Å²) in [4.78, 5) is 0. The lowest BCUT2D eigenvalue weighted by Crippen LogP contribution is -2.48. The Kier molecular flexibility index (Phi) is 3.61. The molecule has 3 unspecified atom stereocenters. The van der Waals surface area contributed by atoms with Crippen LogP contribution >= 0.6 is 0 Å². The van der Waals surface area contributed by atoms with Crippen LogP contribution in [0.3, 0.4) is 0 Å². The Morgan fingerprint density at radius 2 is 2.26 bits per heavy atom. The lowest BCUT2D eigenvalue weighted by Gasteiger charge is -2.41. The van der Waals surface area contributed by atoms with E-state index in [1.807, 2.05) is 0 Å². The number of benzene rings is 1. The lowest BCUT2D eigenvalue weighted by molar-refractivity contribution is -0.121. The van der Waals surface area contributed by atoms with Gasteiger partial charge in [0.25, 0.3) is 0 Å². The normalized spacial score (nSPS) is 34.2. The summed E-state index contributed by atoms with van der Waals surface area (Å²) in [5, 5.41) is 14.6. The fraction of sp³-hybridized carbons (Fsp3) is 0.625. The molecule has 0 aromatic heterocycles. The number of hydrogen-bond donors (Lipinski definition) is 2. The van der Waals surface area contributed by atoms with Crippen LogP contribution in [0.25, 0.3) is 0 Å². The predicted octanol–water partition coefficient (Wildman–Crippen LogP) is 2.54. The molecule has 3 atom stereocenters. The zero-order valence-electron chi connectivity index (χ0n) is 11.6. The van der Waals surface area contributed by atoms with Crippen molar-refractivity contribution in [2.45, 2.75) is 56.9 Å². The summed E-state index contributed by atoms with van der Waals surface area (Å²) < 4.78 is 5.77. The third kappa shape index (κ3) is 2.42. The molecule has 0 radical (unpaired) electrons. The third-order valence-electron chi connectivity index (χ3n) is 4.48. The Morgan fingerprint density at radius 3 is 3.11 bits per heavy atom. The molecule has 0 spiro atoms. The molecule has 3 heteroatoms. The maximum absolute atomic E-state index is 11.1.